The number of hydrogen-bond acceptors (Lipinski definition) is 4. The molecule has 0 unspecified atom stereocenters. The van der Waals surface area contributed by atoms with Crippen molar-refractivity contribution in [1.82, 2.24) is 5.32 Å². The van der Waals surface area contributed by atoms with Gasteiger partial charge in [-0.25, -0.2) is 0 Å². The fraction of sp³-hybridized carbons (Fsp3) is 0.278. The summed E-state index contributed by atoms with van der Waals surface area (Å²) in [6, 6.07) is 13.7. The molecule has 1 amide bonds. The third kappa shape index (κ3) is 4.39. The zero-order valence-corrected chi connectivity index (χ0v) is 13.5. The fourth-order valence-corrected chi connectivity index (χ4v) is 2.06. The molecule has 0 atom stereocenters. The van der Waals surface area contributed by atoms with Gasteiger partial charge in [-0.3, -0.25) is 4.79 Å². The van der Waals surface area contributed by atoms with Gasteiger partial charge in [-0.15, -0.1) is 0 Å². The molecule has 0 aromatic heterocycles. The van der Waals surface area contributed by atoms with Crippen molar-refractivity contribution in [2.45, 2.75) is 13.5 Å². The number of rotatable bonds is 7. The van der Waals surface area contributed by atoms with Crippen molar-refractivity contribution in [3.05, 3.63) is 53.6 Å². The lowest BCUT2D eigenvalue weighted by Crippen LogP contribution is -2.23. The first-order valence-corrected chi connectivity index (χ1v) is 7.31. The van der Waals surface area contributed by atoms with E-state index < -0.39 is 0 Å². The Morgan fingerprint density at radius 1 is 1.13 bits per heavy atom. The van der Waals surface area contributed by atoms with Crippen molar-refractivity contribution in [2.24, 2.45) is 0 Å². The minimum atomic E-state index is -0.249. The van der Waals surface area contributed by atoms with Crippen LogP contribution in [0.25, 0.3) is 0 Å². The molecule has 2 aromatic carbocycles. The van der Waals surface area contributed by atoms with Crippen LogP contribution in [0.2, 0.25) is 0 Å². The Balaban J connectivity index is 2.04. The van der Waals surface area contributed by atoms with Crippen molar-refractivity contribution in [2.75, 3.05) is 20.8 Å². The number of ether oxygens (including phenoxy) is 3. The molecule has 0 saturated carbocycles. The molecule has 0 fully saturated rings. The minimum absolute atomic E-state index is 0.249. The van der Waals surface area contributed by atoms with Crippen LogP contribution < -0.4 is 19.5 Å². The largest absolute Gasteiger partial charge is 0.497 e. The van der Waals surface area contributed by atoms with Gasteiger partial charge in [0, 0.05) is 18.7 Å². The second-order valence-electron chi connectivity index (χ2n) is 4.74. The lowest BCUT2D eigenvalue weighted by molar-refractivity contribution is 0.0947. The number of hydrogen-bond donors (Lipinski definition) is 1. The van der Waals surface area contributed by atoms with Gasteiger partial charge in [-0.2, -0.15) is 0 Å². The minimum Gasteiger partial charge on any atom is -0.497 e. The maximum atomic E-state index is 12.3. The van der Waals surface area contributed by atoms with E-state index in [-0.39, 0.29) is 5.91 Å². The average molecular weight is 314 g/mol. The van der Waals surface area contributed by atoms with Crippen LogP contribution in [0.1, 0.15) is 22.8 Å². The Morgan fingerprint density at radius 2 is 1.87 bits per heavy atom. The summed E-state index contributed by atoms with van der Waals surface area (Å²) in [7, 11) is 3.13. The highest BCUT2D eigenvalue weighted by Gasteiger charge is 2.13. The first kappa shape index (κ1) is 16.7. The van der Waals surface area contributed by atoms with Crippen LogP contribution in [0.5, 0.6) is 17.2 Å². The number of carbonyl (C=O) groups is 1. The van der Waals surface area contributed by atoms with E-state index in [1.807, 2.05) is 31.2 Å². The predicted molar refractivity (Wildman–Crippen MR) is 87.2 cm³/mol. The highest BCUT2D eigenvalue weighted by molar-refractivity contribution is 5.96. The van der Waals surface area contributed by atoms with E-state index in [1.165, 1.54) is 7.11 Å². The summed E-state index contributed by atoms with van der Waals surface area (Å²) < 4.78 is 15.7. The van der Waals surface area contributed by atoms with Crippen LogP contribution >= 0.6 is 0 Å². The van der Waals surface area contributed by atoms with Gasteiger partial charge in [0.1, 0.15) is 17.2 Å². The molecule has 0 aliphatic rings. The van der Waals surface area contributed by atoms with Gasteiger partial charge in [0.15, 0.2) is 0 Å². The Morgan fingerprint density at radius 3 is 2.48 bits per heavy atom. The van der Waals surface area contributed by atoms with Crippen molar-refractivity contribution >= 4 is 5.91 Å². The van der Waals surface area contributed by atoms with Crippen molar-refractivity contribution < 1.29 is 19.0 Å². The molecule has 0 aliphatic heterocycles. The fourth-order valence-electron chi connectivity index (χ4n) is 2.06. The highest BCUT2D eigenvalue weighted by Crippen LogP contribution is 2.24. The molecule has 2 aromatic rings. The number of nitrogens with one attached hydrogen (secondary N) is 1. The second-order valence-corrected chi connectivity index (χ2v) is 4.74. The summed E-state index contributed by atoms with van der Waals surface area (Å²) in [5.74, 6) is 1.58. The number of amides is 1. The molecular weight excluding hydrogens is 294 g/mol. The van der Waals surface area contributed by atoms with E-state index >= 15 is 0 Å². The molecule has 0 bridgehead atoms. The van der Waals surface area contributed by atoms with E-state index in [2.05, 4.69) is 11.4 Å². The molecule has 0 saturated heterocycles. The molecule has 0 heterocycles. The van der Waals surface area contributed by atoms with Crippen LogP contribution in [0.15, 0.2) is 36.4 Å². The number of benzene rings is 2. The Kier molecular flexibility index (Phi) is 5.86. The molecule has 1 radical (unpaired) electrons. The van der Waals surface area contributed by atoms with E-state index in [0.29, 0.717) is 30.2 Å². The summed E-state index contributed by atoms with van der Waals surface area (Å²) >= 11 is 0. The molecule has 5 heteroatoms. The SMILES string of the molecule is CCOc1c[c]c(C(=O)NCc2ccc(OC)cc2)c(OC)c1. The third-order valence-corrected chi connectivity index (χ3v) is 3.25. The highest BCUT2D eigenvalue weighted by atomic mass is 16.5. The molecule has 1 N–H and O–H groups in total. The summed E-state index contributed by atoms with van der Waals surface area (Å²) in [6.07, 6.45) is 0. The maximum absolute atomic E-state index is 12.3. The van der Waals surface area contributed by atoms with Gasteiger partial charge >= 0.3 is 0 Å². The quantitative estimate of drug-likeness (QED) is 0.854. The van der Waals surface area contributed by atoms with Gasteiger partial charge in [-0.05, 0) is 30.7 Å². The van der Waals surface area contributed by atoms with E-state index in [4.69, 9.17) is 14.2 Å². The van der Waals surface area contributed by atoms with Gasteiger partial charge in [0.25, 0.3) is 5.91 Å². The van der Waals surface area contributed by atoms with Crippen molar-refractivity contribution in [3.63, 3.8) is 0 Å². The van der Waals surface area contributed by atoms with Gasteiger partial charge in [0.2, 0.25) is 0 Å². The van der Waals surface area contributed by atoms with Gasteiger partial charge < -0.3 is 19.5 Å². The zero-order valence-electron chi connectivity index (χ0n) is 13.5. The Hall–Kier alpha value is -2.69. The van der Waals surface area contributed by atoms with Crippen LogP contribution in [-0.4, -0.2) is 26.7 Å². The van der Waals surface area contributed by atoms with Crippen LogP contribution in [-0.2, 0) is 6.54 Å². The second kappa shape index (κ2) is 8.08. The van der Waals surface area contributed by atoms with Crippen LogP contribution in [0, 0.1) is 6.07 Å². The Labute approximate surface area is 136 Å². The summed E-state index contributed by atoms with van der Waals surface area (Å²) in [5.41, 5.74) is 1.33. The topological polar surface area (TPSA) is 56.8 Å². The van der Waals surface area contributed by atoms with E-state index in [0.717, 1.165) is 11.3 Å². The molecule has 0 aliphatic carbocycles. The summed E-state index contributed by atoms with van der Waals surface area (Å²) in [6.45, 7) is 2.84. The molecular formula is C18H20NO4. The molecule has 121 valence electrons. The smallest absolute Gasteiger partial charge is 0.255 e. The standard InChI is InChI=1S/C18H20NO4/c1-4-23-15-9-10-16(17(11-15)22-3)18(20)19-12-13-5-7-14(21-2)8-6-13/h5-9,11H,4,12H2,1-3H3,(H,19,20). The van der Waals surface area contributed by atoms with Crippen LogP contribution in [0.3, 0.4) is 0 Å². The van der Waals surface area contributed by atoms with Gasteiger partial charge in [0.05, 0.1) is 26.4 Å². The van der Waals surface area contributed by atoms with E-state index in [9.17, 15) is 4.79 Å². The number of carbonyl (C=O) groups excluding carboxylic acids is 1. The lowest BCUT2D eigenvalue weighted by Gasteiger charge is -2.11. The first-order chi connectivity index (χ1) is 11.2. The molecule has 0 spiro atoms. The van der Waals surface area contributed by atoms with E-state index in [1.54, 1.807) is 19.2 Å². The van der Waals surface area contributed by atoms with Gasteiger partial charge in [-0.1, -0.05) is 12.1 Å². The average Bonchev–Trinajstić information content (AvgIpc) is 2.60. The lowest BCUT2D eigenvalue weighted by atomic mass is 10.1. The zero-order chi connectivity index (χ0) is 16.7. The molecule has 5 nitrogen and oxygen atoms in total. The summed E-state index contributed by atoms with van der Waals surface area (Å²) in [4.78, 5) is 12.3. The Bertz CT molecular complexity index is 653. The normalized spacial score (nSPS) is 10.0. The third-order valence-electron chi connectivity index (χ3n) is 3.25. The summed E-state index contributed by atoms with van der Waals surface area (Å²) in [5, 5.41) is 2.85. The van der Waals surface area contributed by atoms with Crippen LogP contribution in [0.4, 0.5) is 0 Å². The first-order valence-electron chi connectivity index (χ1n) is 7.31. The monoisotopic (exact) mass is 314 g/mol. The van der Waals surface area contributed by atoms with Crippen molar-refractivity contribution in [3.8, 4) is 17.2 Å². The molecule has 23 heavy (non-hydrogen) atoms. The maximum Gasteiger partial charge on any atom is 0.255 e. The van der Waals surface area contributed by atoms with Crippen molar-refractivity contribution in [1.29, 1.82) is 0 Å². The predicted octanol–water partition coefficient (Wildman–Crippen LogP) is 2.83. The molecule has 2 rings (SSSR count). The number of methoxy groups -OCH3 is 2.